The third-order valence-corrected chi connectivity index (χ3v) is 4.55. The number of amides is 1. The van der Waals surface area contributed by atoms with E-state index < -0.39 is 0 Å². The van der Waals surface area contributed by atoms with Crippen molar-refractivity contribution in [2.45, 2.75) is 19.8 Å². The van der Waals surface area contributed by atoms with Gasteiger partial charge in [0.25, 0.3) is 5.91 Å². The third kappa shape index (κ3) is 4.91. The van der Waals surface area contributed by atoms with E-state index in [2.05, 4.69) is 34.6 Å². The zero-order valence-corrected chi connectivity index (χ0v) is 16.5. The summed E-state index contributed by atoms with van der Waals surface area (Å²) in [5.41, 5.74) is 2.77. The average Bonchev–Trinajstić information content (AvgIpc) is 3.22. The molecule has 4 aromatic rings. The lowest BCUT2D eigenvalue weighted by atomic mass is 10.1. The average molecular weight is 399 g/mol. The molecule has 0 aliphatic carbocycles. The van der Waals surface area contributed by atoms with Crippen LogP contribution >= 0.6 is 0 Å². The minimum Gasteiger partial charge on any atom is -0.457 e. The molecule has 0 aliphatic rings. The normalized spacial score (nSPS) is 10.6. The van der Waals surface area contributed by atoms with Crippen molar-refractivity contribution < 1.29 is 13.9 Å². The second-order valence-corrected chi connectivity index (χ2v) is 6.74. The summed E-state index contributed by atoms with van der Waals surface area (Å²) in [4.78, 5) is 12.6. The van der Waals surface area contributed by atoms with Gasteiger partial charge in [0.15, 0.2) is 0 Å². The van der Waals surface area contributed by atoms with E-state index in [1.54, 1.807) is 24.3 Å². The second-order valence-electron chi connectivity index (χ2n) is 6.74. The fourth-order valence-corrected chi connectivity index (χ4v) is 2.94. The summed E-state index contributed by atoms with van der Waals surface area (Å²) in [6, 6.07) is 24.6. The summed E-state index contributed by atoms with van der Waals surface area (Å²) >= 11 is 0. The predicted molar refractivity (Wildman–Crippen MR) is 114 cm³/mol. The van der Waals surface area contributed by atoms with E-state index in [9.17, 15) is 4.79 Å². The van der Waals surface area contributed by atoms with E-state index in [1.165, 1.54) is 5.56 Å². The molecule has 0 spiro atoms. The molecule has 0 unspecified atom stereocenters. The molecule has 30 heavy (non-hydrogen) atoms. The number of ether oxygens (including phenoxy) is 1. The summed E-state index contributed by atoms with van der Waals surface area (Å²) in [5, 5.41) is 10.6. The van der Waals surface area contributed by atoms with Crippen LogP contribution in [0.25, 0.3) is 0 Å². The Labute approximate surface area is 174 Å². The van der Waals surface area contributed by atoms with E-state index in [4.69, 9.17) is 9.15 Å². The van der Waals surface area contributed by atoms with E-state index in [0.717, 1.165) is 12.0 Å². The summed E-state index contributed by atoms with van der Waals surface area (Å²) in [7, 11) is 0. The fraction of sp³-hybridized carbons (Fsp3) is 0.125. The molecule has 0 saturated heterocycles. The molecule has 1 aromatic heterocycles. The maximum atomic E-state index is 12.6. The van der Waals surface area contributed by atoms with E-state index in [0.29, 0.717) is 29.4 Å². The number of hydrogen-bond donors (Lipinski definition) is 1. The van der Waals surface area contributed by atoms with Gasteiger partial charge in [0.05, 0.1) is 6.42 Å². The molecule has 3 aromatic carbocycles. The summed E-state index contributed by atoms with van der Waals surface area (Å²) in [6.45, 7) is 2.12. The Kier molecular flexibility index (Phi) is 5.85. The maximum absolute atomic E-state index is 12.6. The number of nitrogens with zero attached hydrogens (tertiary/aromatic N) is 2. The molecule has 0 atom stereocenters. The van der Waals surface area contributed by atoms with E-state index in [-0.39, 0.29) is 11.9 Å². The number of aryl methyl sites for hydroxylation is 1. The Morgan fingerprint density at radius 1 is 0.900 bits per heavy atom. The number of hydrogen-bond acceptors (Lipinski definition) is 5. The molecule has 1 heterocycles. The smallest absolute Gasteiger partial charge is 0.322 e. The zero-order chi connectivity index (χ0) is 20.8. The molecule has 1 N–H and O–H groups in total. The number of carbonyl (C=O) groups excluding carboxylic acids is 1. The van der Waals surface area contributed by atoms with Crippen LogP contribution in [0, 0.1) is 0 Å². The van der Waals surface area contributed by atoms with Crippen LogP contribution < -0.4 is 10.1 Å². The van der Waals surface area contributed by atoms with Crippen molar-refractivity contribution >= 4 is 11.9 Å². The number of aromatic nitrogens is 2. The van der Waals surface area contributed by atoms with Crippen LogP contribution in [-0.2, 0) is 12.8 Å². The van der Waals surface area contributed by atoms with Crippen molar-refractivity contribution in [2.75, 3.05) is 5.32 Å². The molecular weight excluding hydrogens is 378 g/mol. The number of benzene rings is 3. The second kappa shape index (κ2) is 9.05. The highest BCUT2D eigenvalue weighted by Gasteiger charge is 2.13. The Morgan fingerprint density at radius 3 is 2.40 bits per heavy atom. The number of anilines is 1. The van der Waals surface area contributed by atoms with Crippen LogP contribution in [0.4, 0.5) is 6.01 Å². The minimum atomic E-state index is -0.351. The number of nitrogens with one attached hydrogen (secondary N) is 1. The highest BCUT2D eigenvalue weighted by molar-refractivity contribution is 6.03. The molecule has 150 valence electrons. The molecule has 0 bridgehead atoms. The quantitative estimate of drug-likeness (QED) is 0.458. The first kappa shape index (κ1) is 19.4. The van der Waals surface area contributed by atoms with Crippen LogP contribution in [0.2, 0.25) is 0 Å². The number of carbonyl (C=O) groups is 1. The van der Waals surface area contributed by atoms with Crippen molar-refractivity contribution in [2.24, 2.45) is 0 Å². The highest BCUT2D eigenvalue weighted by atomic mass is 16.5. The molecule has 6 heteroatoms. The standard InChI is InChI=1S/C24H21N3O3/c1-2-17-11-13-18(14-12-17)15-22-26-27-24(30-22)25-23(28)19-7-6-10-21(16-19)29-20-8-4-3-5-9-20/h3-14,16H,2,15H2,1H3,(H,25,27,28). The molecule has 0 saturated carbocycles. The Morgan fingerprint density at radius 2 is 1.63 bits per heavy atom. The lowest BCUT2D eigenvalue weighted by Gasteiger charge is -2.07. The topological polar surface area (TPSA) is 77.2 Å². The molecule has 0 aliphatic heterocycles. The number of para-hydroxylation sites is 1. The van der Waals surface area contributed by atoms with Gasteiger partial charge in [0.1, 0.15) is 11.5 Å². The summed E-state index contributed by atoms with van der Waals surface area (Å²) < 4.78 is 11.4. The molecule has 6 nitrogen and oxygen atoms in total. The van der Waals surface area contributed by atoms with Gasteiger partial charge in [-0.25, -0.2) is 0 Å². The minimum absolute atomic E-state index is 0.0644. The largest absolute Gasteiger partial charge is 0.457 e. The Bertz CT molecular complexity index is 1120. The van der Waals surface area contributed by atoms with Gasteiger partial charge in [-0.2, -0.15) is 0 Å². The molecule has 1 amide bonds. The van der Waals surface area contributed by atoms with E-state index >= 15 is 0 Å². The molecule has 4 rings (SSSR count). The molecule has 0 fully saturated rings. The Hall–Kier alpha value is -3.93. The van der Waals surface area contributed by atoms with Crippen molar-refractivity contribution in [3.05, 3.63) is 101 Å². The molecule has 0 radical (unpaired) electrons. The van der Waals surface area contributed by atoms with Gasteiger partial charge < -0.3 is 9.15 Å². The van der Waals surface area contributed by atoms with Crippen LogP contribution in [0.15, 0.2) is 83.3 Å². The molecular formula is C24H21N3O3. The third-order valence-electron chi connectivity index (χ3n) is 4.55. The van der Waals surface area contributed by atoms with E-state index in [1.807, 2.05) is 42.5 Å². The van der Waals surface area contributed by atoms with Crippen LogP contribution in [0.5, 0.6) is 11.5 Å². The first-order chi connectivity index (χ1) is 14.7. The first-order valence-corrected chi connectivity index (χ1v) is 9.74. The van der Waals surface area contributed by atoms with Crippen molar-refractivity contribution in [3.8, 4) is 11.5 Å². The van der Waals surface area contributed by atoms with Gasteiger partial charge in [-0.1, -0.05) is 60.6 Å². The lowest BCUT2D eigenvalue weighted by Crippen LogP contribution is -2.12. The Balaban J connectivity index is 1.40. The van der Waals surface area contributed by atoms with Gasteiger partial charge in [0, 0.05) is 5.56 Å². The first-order valence-electron chi connectivity index (χ1n) is 9.74. The fourth-order valence-electron chi connectivity index (χ4n) is 2.94. The van der Waals surface area contributed by atoms with Gasteiger partial charge >= 0.3 is 6.01 Å². The maximum Gasteiger partial charge on any atom is 0.322 e. The lowest BCUT2D eigenvalue weighted by molar-refractivity contribution is 0.102. The van der Waals surface area contributed by atoms with Crippen LogP contribution in [0.1, 0.15) is 34.3 Å². The SMILES string of the molecule is CCc1ccc(Cc2nnc(NC(=O)c3cccc(Oc4ccccc4)c3)o2)cc1. The number of rotatable bonds is 7. The van der Waals surface area contributed by atoms with Crippen molar-refractivity contribution in [1.82, 2.24) is 10.2 Å². The van der Waals surface area contributed by atoms with Crippen molar-refractivity contribution in [1.29, 1.82) is 0 Å². The van der Waals surface area contributed by atoms with Gasteiger partial charge in [-0.3, -0.25) is 10.1 Å². The van der Waals surface area contributed by atoms with Crippen LogP contribution in [0.3, 0.4) is 0 Å². The van der Waals surface area contributed by atoms with Gasteiger partial charge in [0.2, 0.25) is 5.89 Å². The zero-order valence-electron chi connectivity index (χ0n) is 16.5. The van der Waals surface area contributed by atoms with Crippen LogP contribution in [-0.4, -0.2) is 16.1 Å². The monoisotopic (exact) mass is 399 g/mol. The van der Waals surface area contributed by atoms with Gasteiger partial charge in [-0.05, 0) is 47.9 Å². The summed E-state index contributed by atoms with van der Waals surface area (Å²) in [5.74, 6) is 1.35. The van der Waals surface area contributed by atoms with Gasteiger partial charge in [-0.15, -0.1) is 5.10 Å². The van der Waals surface area contributed by atoms with Crippen molar-refractivity contribution in [3.63, 3.8) is 0 Å². The highest BCUT2D eigenvalue weighted by Crippen LogP contribution is 2.22. The summed E-state index contributed by atoms with van der Waals surface area (Å²) in [6.07, 6.45) is 1.50. The predicted octanol–water partition coefficient (Wildman–Crippen LogP) is 5.27.